The van der Waals surface area contributed by atoms with Crippen LogP contribution in [-0.4, -0.2) is 94.9 Å². The lowest BCUT2D eigenvalue weighted by molar-refractivity contribution is -0.116. The van der Waals surface area contributed by atoms with Crippen molar-refractivity contribution in [1.82, 2.24) is 10.6 Å². The third-order valence-electron chi connectivity index (χ3n) is 4.14. The molecule has 14 heteroatoms. The van der Waals surface area contributed by atoms with E-state index in [0.29, 0.717) is 7.14 Å². The van der Waals surface area contributed by atoms with Gasteiger partial charge in [-0.05, 0) is 67.8 Å². The Balaban J connectivity index is 3.67. The first-order valence-corrected chi connectivity index (χ1v) is 12.5. The van der Waals surface area contributed by atoms with Gasteiger partial charge in [0.1, 0.15) is 0 Å². The molecule has 0 spiro atoms. The molecule has 1 aromatic carbocycles. The number of halogens is 3. The van der Waals surface area contributed by atoms with Gasteiger partial charge in [-0.1, -0.05) is 0 Å². The molecule has 0 radical (unpaired) electrons. The summed E-state index contributed by atoms with van der Waals surface area (Å²) in [5, 5.41) is 51.5. The largest absolute Gasteiger partial charge is 0.395 e. The third kappa shape index (κ3) is 7.57. The summed E-state index contributed by atoms with van der Waals surface area (Å²) >= 11 is 5.58. The highest BCUT2D eigenvalue weighted by molar-refractivity contribution is 14.1. The van der Waals surface area contributed by atoms with Crippen molar-refractivity contribution in [2.45, 2.75) is 19.1 Å². The Morgan fingerprint density at radius 2 is 1.25 bits per heavy atom. The fourth-order valence-electron chi connectivity index (χ4n) is 2.54. The molecule has 180 valence electrons. The quantitative estimate of drug-likeness (QED) is 0.140. The van der Waals surface area contributed by atoms with Crippen LogP contribution in [0.15, 0.2) is 0 Å². The van der Waals surface area contributed by atoms with Crippen molar-refractivity contribution in [1.29, 1.82) is 0 Å². The van der Waals surface area contributed by atoms with E-state index in [4.69, 9.17) is 10.2 Å². The number of carbonyl (C=O) groups excluding carboxylic acids is 3. The van der Waals surface area contributed by atoms with Crippen LogP contribution in [0.4, 0.5) is 5.69 Å². The summed E-state index contributed by atoms with van der Waals surface area (Å²) in [6, 6.07) is 0. The van der Waals surface area contributed by atoms with E-state index in [1.165, 1.54) is 11.8 Å². The predicted molar refractivity (Wildman–Crippen MR) is 141 cm³/mol. The maximum Gasteiger partial charge on any atom is 0.253 e. The van der Waals surface area contributed by atoms with Gasteiger partial charge in [0.2, 0.25) is 5.91 Å². The zero-order chi connectivity index (χ0) is 24.6. The summed E-state index contributed by atoms with van der Waals surface area (Å²) in [5.41, 5.74) is 0.404. The first-order chi connectivity index (χ1) is 15.0. The molecule has 0 aliphatic heterocycles. The van der Waals surface area contributed by atoms with Gasteiger partial charge in [0.25, 0.3) is 11.8 Å². The van der Waals surface area contributed by atoms with Gasteiger partial charge < -0.3 is 41.1 Å². The second-order valence-corrected chi connectivity index (χ2v) is 9.76. The number of carbonyl (C=O) groups is 3. The van der Waals surface area contributed by atoms with E-state index in [9.17, 15) is 29.7 Å². The monoisotopic (exact) mass is 791 g/mol. The van der Waals surface area contributed by atoms with Gasteiger partial charge in [-0.15, -0.1) is 0 Å². The topological polar surface area (TPSA) is 180 Å². The van der Waals surface area contributed by atoms with Crippen molar-refractivity contribution in [3.8, 4) is 0 Å². The number of hydrogen-bond donors (Lipinski definition) is 7. The number of amides is 3. The molecule has 2 unspecified atom stereocenters. The van der Waals surface area contributed by atoms with Crippen LogP contribution in [-0.2, 0) is 4.79 Å². The fourth-order valence-corrected chi connectivity index (χ4v) is 7.27. The van der Waals surface area contributed by atoms with Crippen molar-refractivity contribution < 1.29 is 39.9 Å². The molecule has 0 saturated heterocycles. The third-order valence-corrected chi connectivity index (χ3v) is 7.32. The van der Waals surface area contributed by atoms with Gasteiger partial charge in [0, 0.05) is 30.1 Å². The van der Waals surface area contributed by atoms with Crippen molar-refractivity contribution >= 4 is 91.2 Å². The minimum absolute atomic E-state index is 0.0729. The summed E-state index contributed by atoms with van der Waals surface area (Å²) < 4.78 is 0.964. The standard InChI is InChI=1S/C18H24I3N3O8/c1-8(28)24(2-3-25)16-14(20)11(17(31)22-4-9(29)6-26)13(19)12(15(16)21)18(32)23-5-10(30)7-27/h9-10,25-27,29-30H,2-7H2,1H3,(H,22,31)(H,23,32). The first kappa shape index (κ1) is 29.7. The van der Waals surface area contributed by atoms with Gasteiger partial charge in [0.05, 0.1) is 56.0 Å². The molecule has 3 amide bonds. The molecule has 1 aromatic rings. The van der Waals surface area contributed by atoms with Crippen molar-refractivity contribution in [3.05, 3.63) is 21.8 Å². The Morgan fingerprint density at radius 3 is 1.56 bits per heavy atom. The van der Waals surface area contributed by atoms with Crippen molar-refractivity contribution in [2.24, 2.45) is 0 Å². The molecule has 0 aliphatic rings. The Bertz CT molecular complexity index is 802. The Hall–Kier alpha value is -0.380. The first-order valence-electron chi connectivity index (χ1n) is 9.25. The maximum absolute atomic E-state index is 12.9. The molecular formula is C18H24I3N3O8. The van der Waals surface area contributed by atoms with Crippen LogP contribution in [0.5, 0.6) is 0 Å². The number of nitrogens with zero attached hydrogens (tertiary/aromatic N) is 1. The average molecular weight is 791 g/mol. The van der Waals surface area contributed by atoms with Crippen LogP contribution in [0, 0.1) is 10.7 Å². The number of aliphatic hydroxyl groups is 5. The lowest BCUT2D eigenvalue weighted by Crippen LogP contribution is -2.39. The minimum Gasteiger partial charge on any atom is -0.395 e. The van der Waals surface area contributed by atoms with Crippen LogP contribution < -0.4 is 15.5 Å². The summed E-state index contributed by atoms with van der Waals surface area (Å²) in [6.45, 7) is -0.721. The zero-order valence-electron chi connectivity index (χ0n) is 16.9. The lowest BCUT2D eigenvalue weighted by Gasteiger charge is -2.27. The molecule has 0 aliphatic carbocycles. The summed E-state index contributed by atoms with van der Waals surface area (Å²) in [5.74, 6) is -1.69. The molecule has 1 rings (SSSR count). The van der Waals surface area contributed by atoms with E-state index < -0.39 is 43.1 Å². The molecule has 0 heterocycles. The molecule has 0 aromatic heterocycles. The van der Waals surface area contributed by atoms with Gasteiger partial charge in [-0.3, -0.25) is 14.4 Å². The number of nitrogens with one attached hydrogen (secondary N) is 2. The highest BCUT2D eigenvalue weighted by Gasteiger charge is 2.31. The van der Waals surface area contributed by atoms with Crippen molar-refractivity contribution in [3.63, 3.8) is 0 Å². The van der Waals surface area contributed by atoms with Gasteiger partial charge in [-0.2, -0.15) is 0 Å². The van der Waals surface area contributed by atoms with E-state index in [2.05, 4.69) is 10.6 Å². The molecule has 2 atom stereocenters. The lowest BCUT2D eigenvalue weighted by atomic mass is 10.1. The molecule has 0 saturated carbocycles. The molecule has 0 fully saturated rings. The Labute approximate surface area is 225 Å². The molecule has 7 N–H and O–H groups in total. The molecule has 32 heavy (non-hydrogen) atoms. The van der Waals surface area contributed by atoms with Crippen LogP contribution in [0.25, 0.3) is 0 Å². The predicted octanol–water partition coefficient (Wildman–Crippen LogP) is -0.988. The Morgan fingerprint density at radius 1 is 0.844 bits per heavy atom. The van der Waals surface area contributed by atoms with Crippen LogP contribution in [0.3, 0.4) is 0 Å². The number of anilines is 1. The highest BCUT2D eigenvalue weighted by atomic mass is 127. The summed E-state index contributed by atoms with van der Waals surface area (Å²) in [4.78, 5) is 39.4. The second-order valence-electron chi connectivity index (χ2n) is 6.53. The number of rotatable bonds is 11. The van der Waals surface area contributed by atoms with E-state index in [1.807, 2.05) is 67.8 Å². The van der Waals surface area contributed by atoms with Gasteiger partial charge in [0.15, 0.2) is 0 Å². The van der Waals surface area contributed by atoms with Crippen LogP contribution in [0.2, 0.25) is 0 Å². The van der Waals surface area contributed by atoms with E-state index in [1.54, 1.807) is 0 Å². The second kappa shape index (κ2) is 14.1. The summed E-state index contributed by atoms with van der Waals surface area (Å²) in [7, 11) is 0. The van der Waals surface area contributed by atoms with E-state index >= 15 is 0 Å². The van der Waals surface area contributed by atoms with Crippen LogP contribution >= 0.6 is 67.8 Å². The van der Waals surface area contributed by atoms with E-state index in [0.717, 1.165) is 0 Å². The number of aliphatic hydroxyl groups excluding tert-OH is 5. The minimum atomic E-state index is -1.18. The molecular weight excluding hydrogens is 767 g/mol. The normalized spacial score (nSPS) is 12.8. The van der Waals surface area contributed by atoms with E-state index in [-0.39, 0.29) is 46.6 Å². The Kier molecular flexibility index (Phi) is 13.1. The molecule has 0 bridgehead atoms. The number of hydrogen-bond acceptors (Lipinski definition) is 8. The fraction of sp³-hybridized carbons (Fsp3) is 0.500. The maximum atomic E-state index is 12.9. The summed E-state index contributed by atoms with van der Waals surface area (Å²) in [6.07, 6.45) is -2.35. The SMILES string of the molecule is CC(=O)N(CCO)c1c(I)c(C(=O)NCC(O)CO)c(I)c(C(=O)NCC(O)CO)c1I. The average Bonchev–Trinajstić information content (AvgIpc) is 2.74. The highest BCUT2D eigenvalue weighted by Crippen LogP contribution is 2.38. The molecule has 11 nitrogen and oxygen atoms in total. The number of benzene rings is 1. The van der Waals surface area contributed by atoms with Gasteiger partial charge in [-0.25, -0.2) is 0 Å². The van der Waals surface area contributed by atoms with Crippen molar-refractivity contribution in [2.75, 3.05) is 44.4 Å². The zero-order valence-corrected chi connectivity index (χ0v) is 23.4. The smallest absolute Gasteiger partial charge is 0.253 e. The van der Waals surface area contributed by atoms with Crippen LogP contribution in [0.1, 0.15) is 27.6 Å². The van der Waals surface area contributed by atoms with Gasteiger partial charge >= 0.3 is 0 Å².